The average Bonchev–Trinajstić information content (AvgIpc) is 2.88. The number of ether oxygens (including phenoxy) is 1. The molecule has 36 heavy (non-hydrogen) atoms. The molecule has 0 aliphatic heterocycles. The summed E-state index contributed by atoms with van der Waals surface area (Å²) in [6.07, 6.45) is 1.40. The number of nitrogens with zero attached hydrogens (tertiary/aromatic N) is 2. The highest BCUT2D eigenvalue weighted by atomic mass is 35.5. The third kappa shape index (κ3) is 5.27. The molecule has 0 saturated heterocycles. The van der Waals surface area contributed by atoms with Gasteiger partial charge in [0, 0.05) is 22.2 Å². The highest BCUT2D eigenvalue weighted by molar-refractivity contribution is 6.31. The number of halogens is 1. The Morgan fingerprint density at radius 3 is 2.58 bits per heavy atom. The van der Waals surface area contributed by atoms with Crippen LogP contribution in [0, 0.1) is 21.4 Å². The van der Waals surface area contributed by atoms with E-state index in [4.69, 9.17) is 16.3 Å². The zero-order valence-electron chi connectivity index (χ0n) is 18.6. The molecule has 0 atom stereocenters. The first-order valence-electron chi connectivity index (χ1n) is 10.7. The van der Waals surface area contributed by atoms with Gasteiger partial charge in [0.05, 0.1) is 16.7 Å². The topological polar surface area (TPSA) is 125 Å². The smallest absolute Gasteiger partial charge is 0.273 e. The van der Waals surface area contributed by atoms with Crippen LogP contribution in [0.2, 0.25) is 5.02 Å². The summed E-state index contributed by atoms with van der Waals surface area (Å²) in [7, 11) is 0. The highest BCUT2D eigenvalue weighted by Crippen LogP contribution is 2.32. The lowest BCUT2D eigenvalue weighted by molar-refractivity contribution is -0.384. The van der Waals surface area contributed by atoms with Crippen molar-refractivity contribution in [2.45, 2.75) is 6.61 Å². The molecule has 4 aromatic carbocycles. The van der Waals surface area contributed by atoms with Gasteiger partial charge in [-0.25, -0.2) is 0 Å². The van der Waals surface area contributed by atoms with Gasteiger partial charge in [0.25, 0.3) is 11.6 Å². The number of hydrogen-bond acceptors (Lipinski definition) is 6. The molecule has 0 heterocycles. The number of aromatic hydroxyl groups is 1. The Balaban J connectivity index is 1.69. The molecule has 0 saturated carbocycles. The van der Waals surface area contributed by atoms with E-state index in [9.17, 15) is 25.3 Å². The molecule has 4 aromatic rings. The Hall–Kier alpha value is -4.87. The molecular formula is C27H18ClN3O5. The van der Waals surface area contributed by atoms with E-state index in [0.29, 0.717) is 16.3 Å². The Morgan fingerprint density at radius 2 is 1.86 bits per heavy atom. The molecule has 0 bridgehead atoms. The lowest BCUT2D eigenvalue weighted by Gasteiger charge is -2.13. The number of rotatable bonds is 7. The number of nitro groups is 1. The van der Waals surface area contributed by atoms with Gasteiger partial charge >= 0.3 is 0 Å². The van der Waals surface area contributed by atoms with Crippen LogP contribution in [-0.4, -0.2) is 15.9 Å². The van der Waals surface area contributed by atoms with Crippen molar-refractivity contribution in [1.82, 2.24) is 0 Å². The van der Waals surface area contributed by atoms with E-state index in [1.807, 2.05) is 54.6 Å². The number of phenolic OH excluding ortho intramolecular Hbond substituents is 1. The second-order valence-electron chi connectivity index (χ2n) is 7.66. The van der Waals surface area contributed by atoms with Crippen molar-refractivity contribution in [3.05, 3.63) is 111 Å². The van der Waals surface area contributed by atoms with E-state index in [0.717, 1.165) is 28.5 Å². The third-order valence-corrected chi connectivity index (χ3v) is 5.73. The first-order valence-corrected chi connectivity index (χ1v) is 11.0. The molecule has 178 valence electrons. The molecule has 0 aliphatic rings. The van der Waals surface area contributed by atoms with Gasteiger partial charge in [0.1, 0.15) is 29.7 Å². The van der Waals surface area contributed by atoms with E-state index in [1.54, 1.807) is 12.1 Å². The van der Waals surface area contributed by atoms with Crippen molar-refractivity contribution < 1.29 is 19.6 Å². The van der Waals surface area contributed by atoms with Crippen LogP contribution < -0.4 is 10.1 Å². The monoisotopic (exact) mass is 499 g/mol. The summed E-state index contributed by atoms with van der Waals surface area (Å²) in [5, 5.41) is 35.3. The number of nitro benzene ring substituents is 1. The normalized spacial score (nSPS) is 11.1. The number of benzene rings is 4. The maximum absolute atomic E-state index is 12.9. The summed E-state index contributed by atoms with van der Waals surface area (Å²) >= 11 is 6.24. The van der Waals surface area contributed by atoms with Gasteiger partial charge in [0.15, 0.2) is 0 Å². The van der Waals surface area contributed by atoms with Crippen LogP contribution in [-0.2, 0) is 11.4 Å². The number of anilines is 1. The van der Waals surface area contributed by atoms with Gasteiger partial charge in [-0.1, -0.05) is 60.1 Å². The molecule has 2 N–H and O–H groups in total. The fraction of sp³-hybridized carbons (Fsp3) is 0.0370. The summed E-state index contributed by atoms with van der Waals surface area (Å²) in [4.78, 5) is 23.1. The standard InChI is InChI=1S/C27H18ClN3O5/c28-23-8-4-2-6-18(23)16-36-26-12-9-17-5-1-3-7-21(17)22(26)13-19(15-29)27(33)30-24-11-10-20(31(34)35)14-25(24)32/h1-14,32H,16H2,(H,30,33). The number of phenols is 1. The Morgan fingerprint density at radius 1 is 1.11 bits per heavy atom. The molecule has 8 nitrogen and oxygen atoms in total. The lowest BCUT2D eigenvalue weighted by atomic mass is 10.0. The van der Waals surface area contributed by atoms with Gasteiger partial charge in [-0.2, -0.15) is 5.26 Å². The van der Waals surface area contributed by atoms with Gasteiger partial charge in [-0.3, -0.25) is 14.9 Å². The number of amides is 1. The number of hydrogen-bond donors (Lipinski definition) is 2. The Labute approximate surface area is 210 Å². The van der Waals surface area contributed by atoms with Crippen LogP contribution in [0.3, 0.4) is 0 Å². The predicted molar refractivity (Wildman–Crippen MR) is 137 cm³/mol. The summed E-state index contributed by atoms with van der Waals surface area (Å²) in [6, 6.07) is 23.4. The van der Waals surface area contributed by atoms with Crippen LogP contribution in [0.15, 0.2) is 84.4 Å². The maximum atomic E-state index is 12.9. The van der Waals surface area contributed by atoms with Crippen LogP contribution >= 0.6 is 11.6 Å². The van der Waals surface area contributed by atoms with Crippen molar-refractivity contribution in [3.8, 4) is 17.6 Å². The SMILES string of the molecule is N#CC(=Cc1c(OCc2ccccc2Cl)ccc2ccccc12)C(=O)Nc1ccc([N+](=O)[O-])cc1O. The minimum absolute atomic E-state index is 0.0696. The highest BCUT2D eigenvalue weighted by Gasteiger charge is 2.17. The largest absolute Gasteiger partial charge is 0.506 e. The molecule has 0 aromatic heterocycles. The van der Waals surface area contributed by atoms with E-state index in [2.05, 4.69) is 5.32 Å². The van der Waals surface area contributed by atoms with E-state index in [-0.39, 0.29) is 23.6 Å². The minimum Gasteiger partial charge on any atom is -0.506 e. The average molecular weight is 500 g/mol. The summed E-state index contributed by atoms with van der Waals surface area (Å²) < 4.78 is 6.04. The Kier molecular flexibility index (Phi) is 7.14. The Bertz CT molecular complexity index is 1560. The van der Waals surface area contributed by atoms with Crippen LogP contribution in [0.1, 0.15) is 11.1 Å². The van der Waals surface area contributed by atoms with Crippen molar-refractivity contribution in [3.63, 3.8) is 0 Å². The number of nitriles is 1. The molecule has 0 spiro atoms. The molecule has 0 radical (unpaired) electrons. The second-order valence-corrected chi connectivity index (χ2v) is 8.07. The van der Waals surface area contributed by atoms with E-state index < -0.39 is 16.6 Å². The lowest BCUT2D eigenvalue weighted by Crippen LogP contribution is -2.13. The van der Waals surface area contributed by atoms with E-state index in [1.165, 1.54) is 12.1 Å². The van der Waals surface area contributed by atoms with E-state index >= 15 is 0 Å². The third-order valence-electron chi connectivity index (χ3n) is 5.37. The minimum atomic E-state index is -0.799. The summed E-state index contributed by atoms with van der Waals surface area (Å²) in [6.45, 7) is 0.170. The molecule has 9 heteroatoms. The summed E-state index contributed by atoms with van der Waals surface area (Å²) in [5.41, 5.74) is 0.623. The number of nitrogens with one attached hydrogen (secondary N) is 1. The van der Waals surface area contributed by atoms with Crippen molar-refractivity contribution in [1.29, 1.82) is 5.26 Å². The number of carbonyl (C=O) groups excluding carboxylic acids is 1. The van der Waals surface area contributed by atoms with Crippen LogP contribution in [0.25, 0.3) is 16.8 Å². The van der Waals surface area contributed by atoms with Crippen molar-refractivity contribution in [2.75, 3.05) is 5.32 Å². The fourth-order valence-corrected chi connectivity index (χ4v) is 3.73. The van der Waals surface area contributed by atoms with Gasteiger partial charge in [-0.15, -0.1) is 0 Å². The number of carbonyl (C=O) groups is 1. The van der Waals surface area contributed by atoms with Gasteiger partial charge in [0.2, 0.25) is 0 Å². The summed E-state index contributed by atoms with van der Waals surface area (Å²) in [5.74, 6) is -0.859. The first-order chi connectivity index (χ1) is 17.4. The zero-order valence-corrected chi connectivity index (χ0v) is 19.4. The van der Waals surface area contributed by atoms with Crippen LogP contribution in [0.5, 0.6) is 11.5 Å². The number of fused-ring (bicyclic) bond motifs is 1. The second kappa shape index (κ2) is 10.6. The van der Waals surface area contributed by atoms with Gasteiger partial charge < -0.3 is 15.2 Å². The quantitative estimate of drug-likeness (QED) is 0.102. The predicted octanol–water partition coefficient (Wildman–Crippen LogP) is 6.23. The fourth-order valence-electron chi connectivity index (χ4n) is 3.54. The molecule has 4 rings (SSSR count). The molecule has 1 amide bonds. The molecule has 0 fully saturated rings. The molecular weight excluding hydrogens is 482 g/mol. The maximum Gasteiger partial charge on any atom is 0.273 e. The molecule has 0 unspecified atom stereocenters. The molecule has 0 aliphatic carbocycles. The van der Waals surface area contributed by atoms with Crippen molar-refractivity contribution >= 4 is 45.7 Å². The zero-order chi connectivity index (χ0) is 25.7. The van der Waals surface area contributed by atoms with Crippen LogP contribution in [0.4, 0.5) is 11.4 Å². The van der Waals surface area contributed by atoms with Gasteiger partial charge in [-0.05, 0) is 35.0 Å². The number of non-ortho nitro benzene ring substituents is 1. The van der Waals surface area contributed by atoms with Crippen molar-refractivity contribution in [2.24, 2.45) is 0 Å². The first kappa shape index (κ1) is 24.3.